The monoisotopic (exact) mass is 217 g/mol. The normalized spacial score (nSPS) is 12.5. The minimum Gasteiger partial charge on any atom is -0.472 e. The van der Waals surface area contributed by atoms with E-state index in [1.807, 2.05) is 14.0 Å². The molecule has 78 valence electrons. The van der Waals surface area contributed by atoms with Crippen molar-refractivity contribution in [1.82, 2.24) is 15.3 Å². The molecule has 1 aromatic heterocycles. The van der Waals surface area contributed by atoms with Gasteiger partial charge >= 0.3 is 0 Å². The second-order valence-electron chi connectivity index (χ2n) is 2.84. The van der Waals surface area contributed by atoms with Gasteiger partial charge in [0.25, 0.3) is 5.56 Å². The maximum Gasteiger partial charge on any atom is 0.273 e. The molecule has 5 nitrogen and oxygen atoms in total. The maximum absolute atomic E-state index is 11.1. The summed E-state index contributed by atoms with van der Waals surface area (Å²) in [6, 6.07) is 0. The van der Waals surface area contributed by atoms with E-state index in [1.54, 1.807) is 0 Å². The molecule has 2 N–H and O–H groups in total. The van der Waals surface area contributed by atoms with Crippen LogP contribution < -0.4 is 15.6 Å². The predicted molar refractivity (Wildman–Crippen MR) is 53.9 cm³/mol. The summed E-state index contributed by atoms with van der Waals surface area (Å²) in [5, 5.41) is 2.92. The number of aromatic amines is 1. The molecule has 0 aliphatic carbocycles. The Kier molecular flexibility index (Phi) is 3.91. The topological polar surface area (TPSA) is 67.0 Å². The van der Waals surface area contributed by atoms with Gasteiger partial charge in [-0.05, 0) is 14.0 Å². The lowest BCUT2D eigenvalue weighted by molar-refractivity contribution is 0.211. The van der Waals surface area contributed by atoms with Crippen molar-refractivity contribution in [3.8, 4) is 5.88 Å². The van der Waals surface area contributed by atoms with Crippen molar-refractivity contribution in [2.75, 3.05) is 13.6 Å². The highest BCUT2D eigenvalue weighted by atomic mass is 35.5. The first-order valence-electron chi connectivity index (χ1n) is 4.19. The predicted octanol–water partition coefficient (Wildman–Crippen LogP) is 0.410. The van der Waals surface area contributed by atoms with Gasteiger partial charge in [0.15, 0.2) is 5.02 Å². The average molecular weight is 218 g/mol. The Balaban J connectivity index is 2.76. The van der Waals surface area contributed by atoms with E-state index in [0.717, 1.165) is 0 Å². The number of likely N-dealkylation sites (N-methyl/N-ethyl adjacent to an activating group) is 1. The zero-order valence-electron chi connectivity index (χ0n) is 8.00. The number of hydrogen-bond donors (Lipinski definition) is 2. The van der Waals surface area contributed by atoms with Crippen molar-refractivity contribution in [3.63, 3.8) is 0 Å². The van der Waals surface area contributed by atoms with E-state index in [0.29, 0.717) is 6.54 Å². The van der Waals surface area contributed by atoms with Gasteiger partial charge in [-0.3, -0.25) is 4.79 Å². The van der Waals surface area contributed by atoms with Crippen LogP contribution in [0.5, 0.6) is 5.88 Å². The van der Waals surface area contributed by atoms with Gasteiger partial charge in [0.05, 0.1) is 6.33 Å². The van der Waals surface area contributed by atoms with Gasteiger partial charge in [-0.15, -0.1) is 0 Å². The Labute approximate surface area is 86.5 Å². The quantitative estimate of drug-likeness (QED) is 0.767. The van der Waals surface area contributed by atoms with Crippen LogP contribution in [0.2, 0.25) is 5.02 Å². The molecule has 0 saturated carbocycles. The number of rotatable bonds is 4. The standard InChI is InChI=1S/C8H12ClN3O2/c1-5(3-10-2)14-8-6(9)7(13)11-4-12-8/h4-5,10H,3H2,1-2H3,(H,11,12,13). The van der Waals surface area contributed by atoms with Gasteiger partial charge in [0, 0.05) is 6.54 Å². The molecular formula is C8H12ClN3O2. The van der Waals surface area contributed by atoms with Gasteiger partial charge in [-0.25, -0.2) is 4.98 Å². The highest BCUT2D eigenvalue weighted by molar-refractivity contribution is 6.31. The van der Waals surface area contributed by atoms with Crippen LogP contribution in [0, 0.1) is 0 Å². The SMILES string of the molecule is CNCC(C)Oc1nc[nH]c(=O)c1Cl. The van der Waals surface area contributed by atoms with Crippen molar-refractivity contribution in [2.45, 2.75) is 13.0 Å². The van der Waals surface area contributed by atoms with Gasteiger partial charge in [0.2, 0.25) is 5.88 Å². The van der Waals surface area contributed by atoms with E-state index in [9.17, 15) is 4.79 Å². The summed E-state index contributed by atoms with van der Waals surface area (Å²) in [5.74, 6) is 0.165. The van der Waals surface area contributed by atoms with Crippen molar-refractivity contribution in [3.05, 3.63) is 21.7 Å². The molecule has 0 aliphatic rings. The van der Waals surface area contributed by atoms with Crippen molar-refractivity contribution in [1.29, 1.82) is 0 Å². The van der Waals surface area contributed by atoms with E-state index in [1.165, 1.54) is 6.33 Å². The molecule has 0 radical (unpaired) electrons. The molecule has 0 aliphatic heterocycles. The van der Waals surface area contributed by atoms with Crippen molar-refractivity contribution < 1.29 is 4.74 Å². The first-order chi connectivity index (χ1) is 6.65. The third kappa shape index (κ3) is 2.71. The Bertz CT molecular complexity index is 353. The van der Waals surface area contributed by atoms with Crippen LogP contribution >= 0.6 is 11.6 Å². The van der Waals surface area contributed by atoms with Crippen LogP contribution in [0.25, 0.3) is 0 Å². The number of H-pyrrole nitrogens is 1. The van der Waals surface area contributed by atoms with Crippen LogP contribution in [-0.2, 0) is 0 Å². The highest BCUT2D eigenvalue weighted by Crippen LogP contribution is 2.16. The summed E-state index contributed by atoms with van der Waals surface area (Å²) in [7, 11) is 1.81. The van der Waals surface area contributed by atoms with Crippen molar-refractivity contribution in [2.24, 2.45) is 0 Å². The smallest absolute Gasteiger partial charge is 0.273 e. The number of halogens is 1. The van der Waals surface area contributed by atoms with E-state index in [2.05, 4.69) is 15.3 Å². The number of aromatic nitrogens is 2. The van der Waals surface area contributed by atoms with Gasteiger partial charge in [-0.2, -0.15) is 0 Å². The van der Waals surface area contributed by atoms with Crippen LogP contribution in [0.15, 0.2) is 11.1 Å². The summed E-state index contributed by atoms with van der Waals surface area (Å²) >= 11 is 5.69. The third-order valence-corrected chi connectivity index (χ3v) is 1.90. The Morgan fingerprint density at radius 2 is 2.50 bits per heavy atom. The lowest BCUT2D eigenvalue weighted by atomic mass is 10.4. The van der Waals surface area contributed by atoms with E-state index in [4.69, 9.17) is 16.3 Å². The molecule has 14 heavy (non-hydrogen) atoms. The molecule has 0 spiro atoms. The summed E-state index contributed by atoms with van der Waals surface area (Å²) in [6.07, 6.45) is 1.17. The number of nitrogens with one attached hydrogen (secondary N) is 2. The summed E-state index contributed by atoms with van der Waals surface area (Å²) in [6.45, 7) is 2.51. The zero-order valence-corrected chi connectivity index (χ0v) is 8.76. The first kappa shape index (κ1) is 11.0. The molecule has 0 saturated heterocycles. The lowest BCUT2D eigenvalue weighted by Crippen LogP contribution is -2.27. The molecule has 0 aromatic carbocycles. The molecule has 0 amide bonds. The molecule has 1 rings (SSSR count). The Hall–Kier alpha value is -1.07. The maximum atomic E-state index is 11.1. The van der Waals surface area contributed by atoms with Crippen LogP contribution in [0.1, 0.15) is 6.92 Å². The molecule has 1 aromatic rings. The first-order valence-corrected chi connectivity index (χ1v) is 4.57. The van der Waals surface area contributed by atoms with Crippen LogP contribution in [-0.4, -0.2) is 29.7 Å². The number of hydrogen-bond acceptors (Lipinski definition) is 4. The van der Waals surface area contributed by atoms with Gasteiger partial charge in [-0.1, -0.05) is 11.6 Å². The Morgan fingerprint density at radius 3 is 3.14 bits per heavy atom. The second-order valence-corrected chi connectivity index (χ2v) is 3.21. The number of nitrogens with zero attached hydrogens (tertiary/aromatic N) is 1. The minimum atomic E-state index is -0.395. The molecule has 1 atom stereocenters. The highest BCUT2D eigenvalue weighted by Gasteiger charge is 2.10. The molecule has 1 heterocycles. The fraction of sp³-hybridized carbons (Fsp3) is 0.500. The fourth-order valence-corrected chi connectivity index (χ4v) is 1.12. The van der Waals surface area contributed by atoms with E-state index >= 15 is 0 Å². The minimum absolute atomic E-state index is 0.0181. The van der Waals surface area contributed by atoms with Gasteiger partial charge in [0.1, 0.15) is 6.10 Å². The molecule has 6 heteroatoms. The zero-order chi connectivity index (χ0) is 10.6. The van der Waals surface area contributed by atoms with E-state index < -0.39 is 5.56 Å². The summed E-state index contributed by atoms with van der Waals surface area (Å²) in [5.41, 5.74) is -0.395. The van der Waals surface area contributed by atoms with Gasteiger partial charge < -0.3 is 15.0 Å². The third-order valence-electron chi connectivity index (χ3n) is 1.57. The average Bonchev–Trinajstić information content (AvgIpc) is 2.13. The summed E-state index contributed by atoms with van der Waals surface area (Å²) in [4.78, 5) is 17.2. The molecule has 1 unspecified atom stereocenters. The summed E-state index contributed by atoms with van der Waals surface area (Å²) < 4.78 is 5.34. The largest absolute Gasteiger partial charge is 0.472 e. The number of ether oxygens (including phenoxy) is 1. The molecular weight excluding hydrogens is 206 g/mol. The van der Waals surface area contributed by atoms with Crippen LogP contribution in [0.4, 0.5) is 0 Å². The Morgan fingerprint density at radius 1 is 1.79 bits per heavy atom. The van der Waals surface area contributed by atoms with E-state index in [-0.39, 0.29) is 17.0 Å². The van der Waals surface area contributed by atoms with Crippen molar-refractivity contribution >= 4 is 11.6 Å². The van der Waals surface area contributed by atoms with Crippen LogP contribution in [0.3, 0.4) is 0 Å². The lowest BCUT2D eigenvalue weighted by Gasteiger charge is -2.13. The molecule has 0 fully saturated rings. The second kappa shape index (κ2) is 4.97. The molecule has 0 bridgehead atoms. The fourth-order valence-electron chi connectivity index (χ4n) is 0.969.